The molecule has 1 radical (unpaired) electrons. The molecule has 1 nitrogen and oxygen atoms in total. The second-order valence-electron chi connectivity index (χ2n) is 7.02. The number of hydrogen-bond acceptors (Lipinski definition) is 1. The number of ether oxygens (including phenoxy) is 1. The predicted octanol–water partition coefficient (Wildman–Crippen LogP) is 8.52. The first-order valence-electron chi connectivity index (χ1n) is 10.6. The largest absolute Gasteiger partial charge is 0.498 e. The van der Waals surface area contributed by atoms with Gasteiger partial charge in [-0.15, -0.1) is 0 Å². The van der Waals surface area contributed by atoms with E-state index in [9.17, 15) is 0 Å². The highest BCUT2D eigenvalue weighted by atomic mass is 16.5. The smallest absolute Gasteiger partial charge is 0.121 e. The van der Waals surface area contributed by atoms with Gasteiger partial charge in [0.05, 0.1) is 6.26 Å². The Labute approximate surface area is 153 Å². The summed E-state index contributed by atoms with van der Waals surface area (Å²) in [7, 11) is 3.28. The van der Waals surface area contributed by atoms with Crippen LogP contribution in [-0.2, 0) is 4.74 Å². The van der Waals surface area contributed by atoms with Gasteiger partial charge in [-0.2, -0.15) is 0 Å². The average Bonchev–Trinajstić information content (AvgIpc) is 2.60. The quantitative estimate of drug-likeness (QED) is 0.130. The molecule has 0 saturated carbocycles. The van der Waals surface area contributed by atoms with Crippen molar-refractivity contribution in [2.75, 3.05) is 0 Å². The summed E-state index contributed by atoms with van der Waals surface area (Å²) < 4.78 is 4.60. The highest BCUT2D eigenvalue weighted by Crippen LogP contribution is 2.14. The van der Waals surface area contributed by atoms with Gasteiger partial charge in [0.1, 0.15) is 7.11 Å². The average molecular weight is 336 g/mol. The van der Waals surface area contributed by atoms with E-state index in [-0.39, 0.29) is 0 Å². The van der Waals surface area contributed by atoms with Crippen LogP contribution in [0, 0.1) is 7.11 Å². The lowest BCUT2D eigenvalue weighted by molar-refractivity contribution is 0.394. The Hall–Kier alpha value is -0.720. The van der Waals surface area contributed by atoms with Crippen molar-refractivity contribution in [3.8, 4) is 0 Å². The third-order valence-electron chi connectivity index (χ3n) is 4.65. The summed E-state index contributed by atoms with van der Waals surface area (Å²) in [5.41, 5.74) is 0. The monoisotopic (exact) mass is 335 g/mol. The van der Waals surface area contributed by atoms with Crippen LogP contribution < -0.4 is 0 Å². The van der Waals surface area contributed by atoms with E-state index in [4.69, 9.17) is 0 Å². The Morgan fingerprint density at radius 2 is 1.00 bits per heavy atom. The summed E-state index contributed by atoms with van der Waals surface area (Å²) in [6.45, 7) is 2.29. The molecule has 0 fully saturated rings. The molecule has 0 aliphatic heterocycles. The Kier molecular flexibility index (Phi) is 21.6. The molecule has 0 N–H and O–H groups in total. The van der Waals surface area contributed by atoms with Crippen LogP contribution in [0.2, 0.25) is 0 Å². The van der Waals surface area contributed by atoms with Crippen LogP contribution in [0.1, 0.15) is 116 Å². The first-order valence-corrected chi connectivity index (χ1v) is 10.6. The highest BCUT2D eigenvalue weighted by Gasteiger charge is 1.94. The fourth-order valence-corrected chi connectivity index (χ4v) is 3.09. The summed E-state index contributed by atoms with van der Waals surface area (Å²) in [4.78, 5) is 0. The molecule has 0 aromatic carbocycles. The van der Waals surface area contributed by atoms with Crippen LogP contribution in [0.5, 0.6) is 0 Å². The molecule has 0 bridgehead atoms. The summed E-state index contributed by atoms with van der Waals surface area (Å²) in [6.07, 6.45) is 31.8. The maximum absolute atomic E-state index is 4.60. The molecule has 141 valence electrons. The first-order chi connectivity index (χ1) is 11.9. The van der Waals surface area contributed by atoms with Gasteiger partial charge < -0.3 is 4.74 Å². The van der Waals surface area contributed by atoms with Crippen molar-refractivity contribution in [1.82, 2.24) is 0 Å². The van der Waals surface area contributed by atoms with Crippen molar-refractivity contribution < 1.29 is 4.74 Å². The summed E-state index contributed by atoms with van der Waals surface area (Å²) >= 11 is 0. The van der Waals surface area contributed by atoms with Crippen molar-refractivity contribution in [3.63, 3.8) is 0 Å². The molecular weight excluding hydrogens is 292 g/mol. The molecule has 0 aromatic rings. The second-order valence-corrected chi connectivity index (χ2v) is 7.02. The Morgan fingerprint density at radius 3 is 1.42 bits per heavy atom. The zero-order chi connectivity index (χ0) is 17.6. The fraction of sp³-hybridized carbons (Fsp3) is 0.783. The summed E-state index contributed by atoms with van der Waals surface area (Å²) in [5, 5.41) is 0. The molecule has 0 spiro atoms. The number of allylic oxidation sites excluding steroid dienone is 3. The summed E-state index contributed by atoms with van der Waals surface area (Å²) in [5.74, 6) is 0. The third-order valence-corrected chi connectivity index (χ3v) is 4.65. The maximum Gasteiger partial charge on any atom is 0.121 e. The fourth-order valence-electron chi connectivity index (χ4n) is 3.09. The van der Waals surface area contributed by atoms with E-state index in [1.807, 2.05) is 12.2 Å². The van der Waals surface area contributed by atoms with E-state index in [0.717, 1.165) is 0 Å². The van der Waals surface area contributed by atoms with Crippen molar-refractivity contribution >= 4 is 0 Å². The Bertz CT molecular complexity index is 267. The van der Waals surface area contributed by atoms with E-state index in [2.05, 4.69) is 24.8 Å². The molecule has 0 atom stereocenters. The molecule has 0 aliphatic rings. The van der Waals surface area contributed by atoms with Crippen LogP contribution in [0.4, 0.5) is 0 Å². The predicted molar refractivity (Wildman–Crippen MR) is 109 cm³/mol. The molecule has 1 heteroatoms. The highest BCUT2D eigenvalue weighted by molar-refractivity contribution is 4.99. The van der Waals surface area contributed by atoms with Crippen LogP contribution in [-0.4, -0.2) is 0 Å². The molecular formula is C23H43O. The molecule has 24 heavy (non-hydrogen) atoms. The SMILES string of the molecule is [CH2]O/C=C/C=C/CCCCCCCCCCCCCCCCCC. The van der Waals surface area contributed by atoms with Crippen LogP contribution in [0.15, 0.2) is 24.5 Å². The number of unbranched alkanes of at least 4 members (excludes halogenated alkanes) is 16. The molecule has 0 unspecified atom stereocenters. The van der Waals surface area contributed by atoms with Gasteiger partial charge in [0.15, 0.2) is 0 Å². The van der Waals surface area contributed by atoms with Crippen molar-refractivity contribution in [1.29, 1.82) is 0 Å². The maximum atomic E-state index is 4.60. The number of hydrogen-bond donors (Lipinski definition) is 0. The van der Waals surface area contributed by atoms with Gasteiger partial charge in [0.2, 0.25) is 0 Å². The van der Waals surface area contributed by atoms with E-state index >= 15 is 0 Å². The second kappa shape index (κ2) is 22.3. The van der Waals surface area contributed by atoms with Crippen molar-refractivity contribution in [3.05, 3.63) is 31.6 Å². The van der Waals surface area contributed by atoms with Gasteiger partial charge in [-0.05, 0) is 18.9 Å². The Balaban J connectivity index is 3.02. The normalized spacial score (nSPS) is 11.8. The van der Waals surface area contributed by atoms with Crippen LogP contribution in [0.3, 0.4) is 0 Å². The standard InChI is InChI=1S/C23H43O/c1-3-4-5-6-7-8-9-10-11-12-13-14-15-16-17-18-19-20-21-22-23-24-2/h20-23H,2-19H2,1H3/b21-20+,23-22+. The minimum atomic E-state index is 1.18. The van der Waals surface area contributed by atoms with Gasteiger partial charge >= 0.3 is 0 Å². The molecule has 0 saturated heterocycles. The lowest BCUT2D eigenvalue weighted by atomic mass is 10.0. The van der Waals surface area contributed by atoms with Crippen LogP contribution >= 0.6 is 0 Å². The van der Waals surface area contributed by atoms with E-state index in [1.165, 1.54) is 109 Å². The molecule has 0 aromatic heterocycles. The zero-order valence-corrected chi connectivity index (χ0v) is 16.4. The third kappa shape index (κ3) is 21.3. The molecule has 0 amide bonds. The van der Waals surface area contributed by atoms with Crippen LogP contribution in [0.25, 0.3) is 0 Å². The lowest BCUT2D eigenvalue weighted by Crippen LogP contribution is -1.83. The molecule has 0 aliphatic carbocycles. The molecule has 0 rings (SSSR count). The number of rotatable bonds is 19. The van der Waals surface area contributed by atoms with E-state index in [1.54, 1.807) is 6.26 Å². The minimum absolute atomic E-state index is 1.18. The van der Waals surface area contributed by atoms with Gasteiger partial charge in [-0.1, -0.05) is 115 Å². The first kappa shape index (κ1) is 23.3. The van der Waals surface area contributed by atoms with Crippen molar-refractivity contribution in [2.45, 2.75) is 116 Å². The van der Waals surface area contributed by atoms with E-state index in [0.29, 0.717) is 0 Å². The molecule has 0 heterocycles. The minimum Gasteiger partial charge on any atom is -0.498 e. The van der Waals surface area contributed by atoms with Crippen molar-refractivity contribution in [2.24, 2.45) is 0 Å². The zero-order valence-electron chi connectivity index (χ0n) is 16.4. The van der Waals surface area contributed by atoms with Gasteiger partial charge in [-0.25, -0.2) is 0 Å². The summed E-state index contributed by atoms with van der Waals surface area (Å²) in [6, 6.07) is 0. The topological polar surface area (TPSA) is 9.23 Å². The Morgan fingerprint density at radius 1 is 0.583 bits per heavy atom. The van der Waals surface area contributed by atoms with E-state index < -0.39 is 0 Å². The lowest BCUT2D eigenvalue weighted by Gasteiger charge is -2.03. The van der Waals surface area contributed by atoms with Gasteiger partial charge in [0.25, 0.3) is 0 Å². The van der Waals surface area contributed by atoms with Gasteiger partial charge in [-0.3, -0.25) is 0 Å². The van der Waals surface area contributed by atoms with Gasteiger partial charge in [0, 0.05) is 0 Å².